The minimum Gasteiger partial charge on any atom is -0.508 e. The van der Waals surface area contributed by atoms with Gasteiger partial charge < -0.3 is 30.0 Å². The molecule has 4 rings (SSSR count). The van der Waals surface area contributed by atoms with Crippen LogP contribution in [0.15, 0.2) is 48.8 Å². The summed E-state index contributed by atoms with van der Waals surface area (Å²) in [6.07, 6.45) is 4.28. The lowest BCUT2D eigenvalue weighted by Crippen LogP contribution is -2.13. The predicted octanol–water partition coefficient (Wildman–Crippen LogP) is 3.64. The van der Waals surface area contributed by atoms with E-state index in [0.29, 0.717) is 12.8 Å². The summed E-state index contributed by atoms with van der Waals surface area (Å²) in [5.41, 5.74) is 3.51. The molecule has 0 saturated heterocycles. The lowest BCUT2D eigenvalue weighted by atomic mass is 9.93. The molecule has 6 N–H and O–H groups in total. The van der Waals surface area contributed by atoms with Crippen LogP contribution in [0.5, 0.6) is 11.5 Å². The molecule has 0 atom stereocenters. The van der Waals surface area contributed by atoms with Crippen molar-refractivity contribution in [2.75, 3.05) is 6.16 Å². The Balaban J connectivity index is 1.67. The number of aromatic nitrogens is 2. The van der Waals surface area contributed by atoms with Gasteiger partial charge in [0.1, 0.15) is 11.5 Å². The standard InChI is InChI=1S/C20H21N2O5P/c23-15-1-3-19-17(7-15)13(9-21-19)5-12(11-28(25,26)27)6-14-10-22-20-4-2-16(24)8-18(14)20/h1-4,7-10,12,21-24H,5-6,11H2,(H2,25,26,27). The van der Waals surface area contributed by atoms with Crippen molar-refractivity contribution in [3.63, 3.8) is 0 Å². The zero-order valence-corrected chi connectivity index (χ0v) is 15.9. The number of aromatic amines is 2. The van der Waals surface area contributed by atoms with Crippen LogP contribution >= 0.6 is 7.60 Å². The van der Waals surface area contributed by atoms with Gasteiger partial charge in [-0.3, -0.25) is 4.57 Å². The molecular weight excluding hydrogens is 379 g/mol. The van der Waals surface area contributed by atoms with Gasteiger partial charge in [0.05, 0.1) is 6.16 Å². The molecule has 2 aromatic heterocycles. The molecule has 0 unspecified atom stereocenters. The Bertz CT molecular complexity index is 1110. The Hall–Kier alpha value is -2.73. The maximum atomic E-state index is 11.7. The van der Waals surface area contributed by atoms with Crippen molar-refractivity contribution in [1.82, 2.24) is 9.97 Å². The third kappa shape index (κ3) is 3.92. The van der Waals surface area contributed by atoms with Gasteiger partial charge in [0.25, 0.3) is 0 Å². The SMILES string of the molecule is O=P(O)(O)CC(Cc1c[nH]c2ccc(O)cc12)Cc1c[nH]c2ccc(O)cc12. The molecule has 0 aliphatic rings. The lowest BCUT2D eigenvalue weighted by molar-refractivity contribution is 0.360. The number of phenols is 2. The summed E-state index contributed by atoms with van der Waals surface area (Å²) in [6.45, 7) is 0. The molecule has 0 amide bonds. The highest BCUT2D eigenvalue weighted by Gasteiger charge is 2.24. The number of phenolic OH excluding ortho intramolecular Hbond substituents is 2. The van der Waals surface area contributed by atoms with E-state index in [9.17, 15) is 24.6 Å². The average molecular weight is 400 g/mol. The number of fused-ring (bicyclic) bond motifs is 2. The number of aromatic hydroxyl groups is 2. The summed E-state index contributed by atoms with van der Waals surface area (Å²) in [4.78, 5) is 25.4. The van der Waals surface area contributed by atoms with Gasteiger partial charge in [-0.2, -0.15) is 0 Å². The Kier molecular flexibility index (Phi) is 4.67. The fourth-order valence-electron chi connectivity index (χ4n) is 3.83. The van der Waals surface area contributed by atoms with Crippen LogP contribution < -0.4 is 0 Å². The summed E-state index contributed by atoms with van der Waals surface area (Å²) >= 11 is 0. The normalized spacial score (nSPS) is 12.4. The van der Waals surface area contributed by atoms with Crippen LogP contribution in [-0.2, 0) is 17.4 Å². The number of H-pyrrole nitrogens is 2. The van der Waals surface area contributed by atoms with Crippen LogP contribution in [0.25, 0.3) is 21.8 Å². The van der Waals surface area contributed by atoms with E-state index in [-0.39, 0.29) is 23.6 Å². The molecule has 0 saturated carbocycles. The molecule has 28 heavy (non-hydrogen) atoms. The van der Waals surface area contributed by atoms with Crippen molar-refractivity contribution in [1.29, 1.82) is 0 Å². The molecule has 2 heterocycles. The first kappa shape index (κ1) is 18.6. The van der Waals surface area contributed by atoms with Gasteiger partial charge in [-0.1, -0.05) is 0 Å². The topological polar surface area (TPSA) is 130 Å². The Morgan fingerprint density at radius 3 is 1.71 bits per heavy atom. The molecule has 8 heteroatoms. The summed E-state index contributed by atoms with van der Waals surface area (Å²) in [7, 11) is -4.22. The number of hydrogen-bond acceptors (Lipinski definition) is 3. The minimum absolute atomic E-state index is 0.145. The number of nitrogens with one attached hydrogen (secondary N) is 2. The van der Waals surface area contributed by atoms with E-state index >= 15 is 0 Å². The number of benzene rings is 2. The maximum Gasteiger partial charge on any atom is 0.325 e. The van der Waals surface area contributed by atoms with E-state index in [1.807, 2.05) is 12.4 Å². The fourth-order valence-corrected chi connectivity index (χ4v) is 4.76. The maximum absolute atomic E-state index is 11.7. The highest BCUT2D eigenvalue weighted by atomic mass is 31.2. The lowest BCUT2D eigenvalue weighted by Gasteiger charge is -2.17. The second-order valence-corrected chi connectivity index (χ2v) is 8.90. The Morgan fingerprint density at radius 1 is 0.821 bits per heavy atom. The fraction of sp³-hybridized carbons (Fsp3) is 0.200. The smallest absolute Gasteiger partial charge is 0.325 e. The average Bonchev–Trinajstić information content (AvgIpc) is 3.18. The second-order valence-electron chi connectivity index (χ2n) is 7.21. The summed E-state index contributed by atoms with van der Waals surface area (Å²) in [6, 6.07) is 10.0. The summed E-state index contributed by atoms with van der Waals surface area (Å²) in [5, 5.41) is 21.2. The van der Waals surface area contributed by atoms with Crippen molar-refractivity contribution < 1.29 is 24.6 Å². The van der Waals surface area contributed by atoms with Crippen LogP contribution in [0.2, 0.25) is 0 Å². The molecule has 0 spiro atoms. The third-order valence-electron chi connectivity index (χ3n) is 5.02. The van der Waals surface area contributed by atoms with E-state index in [0.717, 1.165) is 32.9 Å². The third-order valence-corrected chi connectivity index (χ3v) is 6.01. The van der Waals surface area contributed by atoms with Gasteiger partial charge in [0.15, 0.2) is 0 Å². The Morgan fingerprint density at radius 2 is 1.29 bits per heavy atom. The van der Waals surface area contributed by atoms with Gasteiger partial charge in [-0.15, -0.1) is 0 Å². The van der Waals surface area contributed by atoms with E-state index in [4.69, 9.17) is 0 Å². The molecule has 4 aromatic rings. The summed E-state index contributed by atoms with van der Waals surface area (Å²) < 4.78 is 11.7. The van der Waals surface area contributed by atoms with Crippen molar-refractivity contribution in [2.45, 2.75) is 12.8 Å². The van der Waals surface area contributed by atoms with Crippen molar-refractivity contribution in [3.05, 3.63) is 59.9 Å². The van der Waals surface area contributed by atoms with Crippen LogP contribution in [0.1, 0.15) is 11.1 Å². The van der Waals surface area contributed by atoms with E-state index in [2.05, 4.69) is 9.97 Å². The summed E-state index contributed by atoms with van der Waals surface area (Å²) in [5.74, 6) is -0.0254. The zero-order valence-electron chi connectivity index (χ0n) is 15.0. The van der Waals surface area contributed by atoms with Crippen LogP contribution in [-0.4, -0.2) is 36.1 Å². The minimum atomic E-state index is -4.22. The molecule has 0 bridgehead atoms. The highest BCUT2D eigenvalue weighted by Crippen LogP contribution is 2.40. The number of hydrogen-bond donors (Lipinski definition) is 6. The van der Waals surface area contributed by atoms with E-state index in [1.165, 1.54) is 0 Å². The first-order valence-electron chi connectivity index (χ1n) is 8.91. The molecule has 0 aliphatic carbocycles. The molecule has 0 fully saturated rings. The van der Waals surface area contributed by atoms with Crippen molar-refractivity contribution >= 4 is 29.4 Å². The van der Waals surface area contributed by atoms with Crippen LogP contribution in [0.4, 0.5) is 0 Å². The molecule has 0 aliphatic heterocycles. The first-order chi connectivity index (χ1) is 13.3. The number of rotatable bonds is 6. The van der Waals surface area contributed by atoms with Gasteiger partial charge in [-0.25, -0.2) is 0 Å². The molecule has 0 radical (unpaired) electrons. The zero-order chi connectivity index (χ0) is 19.9. The van der Waals surface area contributed by atoms with E-state index < -0.39 is 7.60 Å². The Labute approximate surface area is 160 Å². The van der Waals surface area contributed by atoms with Crippen LogP contribution in [0.3, 0.4) is 0 Å². The molecule has 2 aromatic carbocycles. The molecule has 146 valence electrons. The van der Waals surface area contributed by atoms with Gasteiger partial charge in [0.2, 0.25) is 0 Å². The van der Waals surface area contributed by atoms with Gasteiger partial charge >= 0.3 is 7.60 Å². The van der Waals surface area contributed by atoms with E-state index in [1.54, 1.807) is 36.4 Å². The van der Waals surface area contributed by atoms with Gasteiger partial charge in [-0.05, 0) is 66.3 Å². The van der Waals surface area contributed by atoms with Crippen molar-refractivity contribution in [3.8, 4) is 11.5 Å². The quantitative estimate of drug-likeness (QED) is 0.275. The van der Waals surface area contributed by atoms with Crippen molar-refractivity contribution in [2.24, 2.45) is 5.92 Å². The van der Waals surface area contributed by atoms with Gasteiger partial charge in [0, 0.05) is 34.2 Å². The largest absolute Gasteiger partial charge is 0.508 e. The monoisotopic (exact) mass is 400 g/mol. The first-order valence-corrected chi connectivity index (χ1v) is 10.7. The highest BCUT2D eigenvalue weighted by molar-refractivity contribution is 7.51. The molecule has 7 nitrogen and oxygen atoms in total. The second kappa shape index (κ2) is 7.02. The molecular formula is C20H21N2O5P. The predicted molar refractivity (Wildman–Crippen MR) is 108 cm³/mol. The van der Waals surface area contributed by atoms with Crippen LogP contribution in [0, 0.1) is 5.92 Å².